The number of ether oxygens (including phenoxy) is 1. The lowest BCUT2D eigenvalue weighted by atomic mass is 10.5. The fourth-order valence-electron chi connectivity index (χ4n) is 1.28. The van der Waals surface area contributed by atoms with E-state index in [-0.39, 0.29) is 31.3 Å². The molecule has 5 N–H and O–H groups in total. The van der Waals surface area contributed by atoms with Gasteiger partial charge in [-0.3, -0.25) is 9.78 Å². The summed E-state index contributed by atoms with van der Waals surface area (Å²) in [6, 6.07) is 0. The van der Waals surface area contributed by atoms with Crippen LogP contribution >= 0.6 is 0 Å². The number of nitrogens with zero attached hydrogens (tertiary/aromatic N) is 2. The second-order valence-electron chi connectivity index (χ2n) is 3.11. The molecule has 0 amide bonds. The Hall–Kier alpha value is -1.93. The molecule has 2 heterocycles. The van der Waals surface area contributed by atoms with Crippen LogP contribution in [0.2, 0.25) is 0 Å². The van der Waals surface area contributed by atoms with Gasteiger partial charge < -0.3 is 20.6 Å². The Morgan fingerprint density at radius 3 is 2.94 bits per heavy atom. The summed E-state index contributed by atoms with van der Waals surface area (Å²) >= 11 is 0. The lowest BCUT2D eigenvalue weighted by Crippen LogP contribution is -2.10. The fraction of sp³-hybridized carbons (Fsp3) is 0.375. The van der Waals surface area contributed by atoms with Gasteiger partial charge in [-0.05, 0) is 0 Å². The minimum Gasteiger partial charge on any atom is -0.394 e. The van der Waals surface area contributed by atoms with Crippen molar-refractivity contribution in [3.63, 3.8) is 0 Å². The summed E-state index contributed by atoms with van der Waals surface area (Å²) in [6.07, 6.45) is 0. The quantitative estimate of drug-likeness (QED) is 0.480. The van der Waals surface area contributed by atoms with E-state index in [9.17, 15) is 4.79 Å². The number of nitrogens with one attached hydrogen (secondary N) is 2. The SMILES string of the molecule is Nc1nc2[nH]c(COCCO)nc2c(=O)[nH]1. The number of nitrogens with two attached hydrogens (primary N) is 1. The fourth-order valence-corrected chi connectivity index (χ4v) is 1.28. The molecule has 0 aliphatic carbocycles. The number of nitrogen functional groups attached to an aromatic ring is 1. The van der Waals surface area contributed by atoms with Crippen LogP contribution in [0.4, 0.5) is 5.95 Å². The maximum absolute atomic E-state index is 11.4. The number of H-pyrrole nitrogens is 2. The van der Waals surface area contributed by atoms with Crippen molar-refractivity contribution in [2.45, 2.75) is 6.61 Å². The predicted octanol–water partition coefficient (Wildman–Crippen LogP) is -1.26. The Bertz CT molecular complexity index is 546. The van der Waals surface area contributed by atoms with Gasteiger partial charge in [-0.15, -0.1) is 0 Å². The molecule has 0 aromatic carbocycles. The Labute approximate surface area is 89.5 Å². The summed E-state index contributed by atoms with van der Waals surface area (Å²) in [7, 11) is 0. The molecule has 0 radical (unpaired) electrons. The number of aliphatic hydroxyl groups is 1. The van der Waals surface area contributed by atoms with Gasteiger partial charge in [0, 0.05) is 0 Å². The molecule has 0 fully saturated rings. The third kappa shape index (κ3) is 2.02. The highest BCUT2D eigenvalue weighted by atomic mass is 16.5. The van der Waals surface area contributed by atoms with Crippen LogP contribution in [-0.2, 0) is 11.3 Å². The van der Waals surface area contributed by atoms with Gasteiger partial charge in [-0.25, -0.2) is 4.98 Å². The van der Waals surface area contributed by atoms with E-state index < -0.39 is 5.56 Å². The van der Waals surface area contributed by atoms with E-state index in [1.165, 1.54) is 0 Å². The van der Waals surface area contributed by atoms with Crippen LogP contribution in [0.5, 0.6) is 0 Å². The molecular formula is C8H11N5O3. The molecule has 0 unspecified atom stereocenters. The number of aromatic amines is 2. The Morgan fingerprint density at radius 1 is 1.38 bits per heavy atom. The minimum absolute atomic E-state index is 0.0315. The third-order valence-corrected chi connectivity index (χ3v) is 1.90. The molecule has 0 spiro atoms. The maximum Gasteiger partial charge on any atom is 0.280 e. The van der Waals surface area contributed by atoms with Crippen molar-refractivity contribution >= 4 is 17.1 Å². The Kier molecular flexibility index (Phi) is 2.84. The van der Waals surface area contributed by atoms with E-state index in [2.05, 4.69) is 19.9 Å². The largest absolute Gasteiger partial charge is 0.394 e. The molecule has 0 bridgehead atoms. The molecule has 0 aliphatic heterocycles. The van der Waals surface area contributed by atoms with Crippen molar-refractivity contribution in [3.05, 3.63) is 16.2 Å². The van der Waals surface area contributed by atoms with Crippen LogP contribution in [0.3, 0.4) is 0 Å². The van der Waals surface area contributed by atoms with Gasteiger partial charge in [0.1, 0.15) is 12.4 Å². The van der Waals surface area contributed by atoms with Gasteiger partial charge in [-0.2, -0.15) is 4.98 Å². The maximum atomic E-state index is 11.4. The number of hydrogen-bond acceptors (Lipinski definition) is 6. The third-order valence-electron chi connectivity index (χ3n) is 1.90. The van der Waals surface area contributed by atoms with Crippen molar-refractivity contribution in [2.24, 2.45) is 0 Å². The zero-order valence-corrected chi connectivity index (χ0v) is 8.36. The van der Waals surface area contributed by atoms with Gasteiger partial charge in [-0.1, -0.05) is 0 Å². The molecule has 2 aromatic rings. The van der Waals surface area contributed by atoms with Gasteiger partial charge in [0.2, 0.25) is 5.95 Å². The number of anilines is 1. The smallest absolute Gasteiger partial charge is 0.280 e. The molecule has 8 heteroatoms. The summed E-state index contributed by atoms with van der Waals surface area (Å²) < 4.78 is 5.05. The Morgan fingerprint density at radius 2 is 2.19 bits per heavy atom. The highest BCUT2D eigenvalue weighted by molar-refractivity contribution is 5.70. The molecule has 16 heavy (non-hydrogen) atoms. The lowest BCUT2D eigenvalue weighted by Gasteiger charge is -1.96. The first-order chi connectivity index (χ1) is 7.70. The number of aromatic nitrogens is 4. The first-order valence-electron chi connectivity index (χ1n) is 4.63. The van der Waals surface area contributed by atoms with E-state index in [1.54, 1.807) is 0 Å². The van der Waals surface area contributed by atoms with Crippen LogP contribution < -0.4 is 11.3 Å². The number of fused-ring (bicyclic) bond motifs is 1. The average Bonchev–Trinajstić information content (AvgIpc) is 2.61. The highest BCUT2D eigenvalue weighted by Crippen LogP contribution is 2.05. The van der Waals surface area contributed by atoms with Gasteiger partial charge >= 0.3 is 0 Å². The monoisotopic (exact) mass is 225 g/mol. The summed E-state index contributed by atoms with van der Waals surface area (Å²) in [5.41, 5.74) is 5.50. The van der Waals surface area contributed by atoms with Crippen molar-refractivity contribution < 1.29 is 9.84 Å². The minimum atomic E-state index is -0.396. The summed E-state index contributed by atoms with van der Waals surface area (Å²) in [5, 5.41) is 8.53. The van der Waals surface area contributed by atoms with Crippen molar-refractivity contribution in [1.29, 1.82) is 0 Å². The molecule has 86 valence electrons. The van der Waals surface area contributed by atoms with E-state index in [1.807, 2.05) is 0 Å². The van der Waals surface area contributed by atoms with Crippen molar-refractivity contribution in [1.82, 2.24) is 19.9 Å². The van der Waals surface area contributed by atoms with Crippen LogP contribution in [0.15, 0.2) is 4.79 Å². The first kappa shape index (κ1) is 10.6. The topological polar surface area (TPSA) is 130 Å². The van der Waals surface area contributed by atoms with Crippen LogP contribution in [-0.4, -0.2) is 38.3 Å². The van der Waals surface area contributed by atoms with Gasteiger partial charge in [0.15, 0.2) is 11.2 Å². The first-order valence-corrected chi connectivity index (χ1v) is 4.63. The molecule has 2 aromatic heterocycles. The molecule has 0 saturated carbocycles. The molecule has 0 saturated heterocycles. The van der Waals surface area contributed by atoms with Crippen LogP contribution in [0.25, 0.3) is 11.2 Å². The zero-order chi connectivity index (χ0) is 11.5. The molecule has 8 nitrogen and oxygen atoms in total. The van der Waals surface area contributed by atoms with Gasteiger partial charge in [0.25, 0.3) is 5.56 Å². The van der Waals surface area contributed by atoms with E-state index in [4.69, 9.17) is 15.6 Å². The summed E-state index contributed by atoms with van der Waals surface area (Å²) in [6.45, 7) is 0.325. The van der Waals surface area contributed by atoms with E-state index in [0.717, 1.165) is 0 Å². The van der Waals surface area contributed by atoms with E-state index in [0.29, 0.717) is 11.5 Å². The Balaban J connectivity index is 2.29. The number of hydrogen-bond donors (Lipinski definition) is 4. The van der Waals surface area contributed by atoms with Crippen molar-refractivity contribution in [2.75, 3.05) is 18.9 Å². The van der Waals surface area contributed by atoms with Crippen LogP contribution in [0.1, 0.15) is 5.82 Å². The molecule has 0 atom stereocenters. The second-order valence-corrected chi connectivity index (χ2v) is 3.11. The summed E-state index contributed by atoms with van der Waals surface area (Å²) in [5.74, 6) is 0.496. The molecule has 0 aliphatic rings. The van der Waals surface area contributed by atoms with Crippen LogP contribution in [0, 0.1) is 0 Å². The predicted molar refractivity (Wildman–Crippen MR) is 55.7 cm³/mol. The normalized spacial score (nSPS) is 11.1. The number of aliphatic hydroxyl groups excluding tert-OH is 1. The number of imidazole rings is 1. The number of rotatable bonds is 4. The highest BCUT2D eigenvalue weighted by Gasteiger charge is 2.08. The summed E-state index contributed by atoms with van der Waals surface area (Å²) in [4.78, 5) is 24.4. The standard InChI is InChI=1S/C8H11N5O3/c9-8-12-6-5(7(15)13-8)10-4(11-6)3-16-2-1-14/h14H,1-3H2,(H4,9,10,11,12,13,15). The zero-order valence-electron chi connectivity index (χ0n) is 8.36. The second kappa shape index (κ2) is 4.29. The average molecular weight is 225 g/mol. The lowest BCUT2D eigenvalue weighted by molar-refractivity contribution is 0.0782. The van der Waals surface area contributed by atoms with E-state index >= 15 is 0 Å². The van der Waals surface area contributed by atoms with Gasteiger partial charge in [0.05, 0.1) is 13.2 Å². The molecular weight excluding hydrogens is 214 g/mol. The molecule has 2 rings (SSSR count). The van der Waals surface area contributed by atoms with Crippen molar-refractivity contribution in [3.8, 4) is 0 Å².